The van der Waals surface area contributed by atoms with E-state index in [0.29, 0.717) is 6.61 Å². The second-order valence-electron chi connectivity index (χ2n) is 8.59. The number of ether oxygens (including phenoxy) is 5. The molecule has 6 heteroatoms. The summed E-state index contributed by atoms with van der Waals surface area (Å²) in [7, 11) is 0. The van der Waals surface area contributed by atoms with Crippen molar-refractivity contribution in [2.45, 2.75) is 54.3 Å². The molecule has 33 heavy (non-hydrogen) atoms. The molecule has 3 fully saturated rings. The Kier molecular flexibility index (Phi) is 5.96. The lowest BCUT2D eigenvalue weighted by Gasteiger charge is -2.46. The lowest BCUT2D eigenvalue weighted by molar-refractivity contribution is -0.306. The second kappa shape index (κ2) is 9.22. The largest absolute Gasteiger partial charge is 0.356 e. The summed E-state index contributed by atoms with van der Waals surface area (Å²) in [6, 6.07) is 28.5. The van der Waals surface area contributed by atoms with Crippen LogP contribution >= 0.6 is 11.8 Å². The Morgan fingerprint density at radius 2 is 1.24 bits per heavy atom. The molecular formula is C27H26O5S. The third-order valence-corrected chi connectivity index (χ3v) is 7.42. The Morgan fingerprint density at radius 1 is 0.636 bits per heavy atom. The van der Waals surface area contributed by atoms with Gasteiger partial charge in [-0.1, -0.05) is 90.1 Å². The Bertz CT molecular complexity index is 1060. The molecule has 170 valence electrons. The van der Waals surface area contributed by atoms with Crippen LogP contribution in [0.2, 0.25) is 0 Å². The summed E-state index contributed by atoms with van der Waals surface area (Å²) >= 11 is 1.66. The van der Waals surface area contributed by atoms with E-state index in [4.69, 9.17) is 23.7 Å². The third-order valence-electron chi connectivity index (χ3n) is 6.26. The maximum Gasteiger partial charge on any atom is 0.185 e. The van der Waals surface area contributed by atoms with Gasteiger partial charge in [0.25, 0.3) is 0 Å². The Balaban J connectivity index is 1.27. The van der Waals surface area contributed by atoms with E-state index in [1.807, 2.05) is 60.7 Å². The number of hydrogen-bond donors (Lipinski definition) is 0. The first-order chi connectivity index (χ1) is 16.2. The Labute approximate surface area is 198 Å². The molecule has 0 radical (unpaired) electrons. The lowest BCUT2D eigenvalue weighted by atomic mass is 9.99. The van der Waals surface area contributed by atoms with Gasteiger partial charge >= 0.3 is 0 Å². The average molecular weight is 463 g/mol. The molecule has 0 unspecified atom stereocenters. The van der Waals surface area contributed by atoms with Crippen molar-refractivity contribution >= 4 is 11.8 Å². The fourth-order valence-electron chi connectivity index (χ4n) is 4.56. The van der Waals surface area contributed by atoms with Gasteiger partial charge in [-0.3, -0.25) is 0 Å². The molecule has 7 atom stereocenters. The van der Waals surface area contributed by atoms with E-state index in [1.54, 1.807) is 11.8 Å². The normalized spacial score (nSPS) is 33.3. The molecule has 0 aliphatic carbocycles. The highest BCUT2D eigenvalue weighted by Gasteiger charge is 2.56. The zero-order valence-corrected chi connectivity index (χ0v) is 19.1. The zero-order valence-electron chi connectivity index (χ0n) is 18.3. The molecule has 0 bridgehead atoms. The number of benzene rings is 3. The molecule has 0 N–H and O–H groups in total. The molecule has 5 nitrogen and oxygen atoms in total. The molecule has 3 heterocycles. The SMILES string of the molecule is Cc1ccc(S[C@H]2O[C@@H]3CO[C@@H](c4ccccc4)O[C@H]3[C@@H]3O[C@@H](c4ccccc4)O[C@@H]32)cc1. The second-order valence-corrected chi connectivity index (χ2v) is 9.77. The summed E-state index contributed by atoms with van der Waals surface area (Å²) in [6.45, 7) is 2.53. The standard InChI is InChI=1S/C27H26O5S/c1-17-12-14-20(15-13-17)33-27-24-23(31-26(32-24)19-10-6-3-7-11-19)22-21(29-27)16-28-25(30-22)18-8-4-2-5-9-18/h2-15,21-27H,16H2,1H3/t21-,22-,23+,24+,25-,26-,27-/m1/s1. The van der Waals surface area contributed by atoms with Crippen molar-refractivity contribution in [1.29, 1.82) is 0 Å². The number of aryl methyl sites for hydroxylation is 1. The predicted molar refractivity (Wildman–Crippen MR) is 125 cm³/mol. The van der Waals surface area contributed by atoms with E-state index in [9.17, 15) is 0 Å². The van der Waals surface area contributed by atoms with Crippen LogP contribution in [0.5, 0.6) is 0 Å². The highest BCUT2D eigenvalue weighted by Crippen LogP contribution is 2.46. The molecule has 3 aromatic carbocycles. The topological polar surface area (TPSA) is 46.2 Å². The van der Waals surface area contributed by atoms with Crippen LogP contribution in [0.1, 0.15) is 29.3 Å². The molecular weight excluding hydrogens is 436 g/mol. The number of rotatable bonds is 4. The van der Waals surface area contributed by atoms with Crippen molar-refractivity contribution in [3.05, 3.63) is 102 Å². The van der Waals surface area contributed by atoms with Crippen LogP contribution in [0.25, 0.3) is 0 Å². The minimum atomic E-state index is -0.453. The third kappa shape index (κ3) is 4.35. The van der Waals surface area contributed by atoms with Crippen molar-refractivity contribution < 1.29 is 23.7 Å². The zero-order chi connectivity index (χ0) is 22.2. The number of hydrogen-bond acceptors (Lipinski definition) is 6. The number of fused-ring (bicyclic) bond motifs is 3. The van der Waals surface area contributed by atoms with Gasteiger partial charge in [0.05, 0.1) is 6.61 Å². The van der Waals surface area contributed by atoms with Crippen LogP contribution < -0.4 is 0 Å². The van der Waals surface area contributed by atoms with Crippen LogP contribution in [0, 0.1) is 6.92 Å². The summed E-state index contributed by atoms with van der Waals surface area (Å²) in [5.41, 5.74) is 2.98. The molecule has 0 aromatic heterocycles. The highest BCUT2D eigenvalue weighted by atomic mass is 32.2. The van der Waals surface area contributed by atoms with Gasteiger partial charge in [0.2, 0.25) is 0 Å². The van der Waals surface area contributed by atoms with Crippen LogP contribution in [-0.4, -0.2) is 36.5 Å². The van der Waals surface area contributed by atoms with Gasteiger partial charge in [-0.05, 0) is 19.1 Å². The highest BCUT2D eigenvalue weighted by molar-refractivity contribution is 7.99. The van der Waals surface area contributed by atoms with Gasteiger partial charge in [0.1, 0.15) is 29.9 Å². The summed E-state index contributed by atoms with van der Waals surface area (Å²) in [6.07, 6.45) is -1.93. The summed E-state index contributed by atoms with van der Waals surface area (Å²) in [5.74, 6) is 0. The molecule has 0 spiro atoms. The van der Waals surface area contributed by atoms with Gasteiger partial charge in [-0.15, -0.1) is 0 Å². The van der Waals surface area contributed by atoms with E-state index >= 15 is 0 Å². The van der Waals surface area contributed by atoms with Crippen molar-refractivity contribution in [2.24, 2.45) is 0 Å². The van der Waals surface area contributed by atoms with Crippen LogP contribution in [0.4, 0.5) is 0 Å². The van der Waals surface area contributed by atoms with Gasteiger partial charge in [-0.25, -0.2) is 0 Å². The van der Waals surface area contributed by atoms with Gasteiger partial charge in [0.15, 0.2) is 12.6 Å². The quantitative estimate of drug-likeness (QED) is 0.517. The molecule has 0 saturated carbocycles. The van der Waals surface area contributed by atoms with E-state index < -0.39 is 12.6 Å². The molecule has 3 aliphatic heterocycles. The summed E-state index contributed by atoms with van der Waals surface area (Å²) in [5, 5.41) is 0. The van der Waals surface area contributed by atoms with Crippen LogP contribution in [0.15, 0.2) is 89.8 Å². The minimum Gasteiger partial charge on any atom is -0.356 e. The Hall–Kier alpha value is -2.19. The lowest BCUT2D eigenvalue weighted by Crippen LogP contribution is -2.59. The summed E-state index contributed by atoms with van der Waals surface area (Å²) in [4.78, 5) is 1.13. The fraction of sp³-hybridized carbons (Fsp3) is 0.333. The maximum atomic E-state index is 6.51. The molecule has 3 aromatic rings. The first kappa shape index (κ1) is 21.4. The summed E-state index contributed by atoms with van der Waals surface area (Å²) < 4.78 is 32.0. The average Bonchev–Trinajstić information content (AvgIpc) is 3.33. The first-order valence-corrected chi connectivity index (χ1v) is 12.2. The fourth-order valence-corrected chi connectivity index (χ4v) is 5.67. The molecule has 3 aliphatic rings. The van der Waals surface area contributed by atoms with Gasteiger partial charge < -0.3 is 23.7 Å². The molecule has 6 rings (SSSR count). The van der Waals surface area contributed by atoms with Gasteiger partial charge in [-0.2, -0.15) is 0 Å². The number of thioether (sulfide) groups is 1. The predicted octanol–water partition coefficient (Wildman–Crippen LogP) is 5.41. The molecule has 3 saturated heterocycles. The monoisotopic (exact) mass is 462 g/mol. The van der Waals surface area contributed by atoms with E-state index in [1.165, 1.54) is 5.56 Å². The minimum absolute atomic E-state index is 0.229. The Morgan fingerprint density at radius 3 is 1.94 bits per heavy atom. The van der Waals surface area contributed by atoms with Crippen LogP contribution in [-0.2, 0) is 23.7 Å². The van der Waals surface area contributed by atoms with Gasteiger partial charge in [0, 0.05) is 16.0 Å². The van der Waals surface area contributed by atoms with Crippen LogP contribution in [0.3, 0.4) is 0 Å². The van der Waals surface area contributed by atoms with Crippen molar-refractivity contribution in [3.63, 3.8) is 0 Å². The van der Waals surface area contributed by atoms with Crippen molar-refractivity contribution in [3.8, 4) is 0 Å². The smallest absolute Gasteiger partial charge is 0.185 e. The van der Waals surface area contributed by atoms with E-state index in [0.717, 1.165) is 16.0 Å². The van der Waals surface area contributed by atoms with E-state index in [-0.39, 0.29) is 29.9 Å². The maximum absolute atomic E-state index is 6.51. The van der Waals surface area contributed by atoms with E-state index in [2.05, 4.69) is 31.2 Å². The van der Waals surface area contributed by atoms with Crippen molar-refractivity contribution in [1.82, 2.24) is 0 Å². The molecule has 0 amide bonds. The van der Waals surface area contributed by atoms with Crippen molar-refractivity contribution in [2.75, 3.05) is 6.61 Å². The first-order valence-electron chi connectivity index (χ1n) is 11.3.